The fraction of sp³-hybridized carbons (Fsp3) is 0.263. The highest BCUT2D eigenvalue weighted by atomic mass is 16.5. The summed E-state index contributed by atoms with van der Waals surface area (Å²) in [6.45, 7) is 5.82. The Kier molecular flexibility index (Phi) is 5.35. The van der Waals surface area contributed by atoms with Crippen LogP contribution in [-0.4, -0.2) is 38.2 Å². The number of hydrogen-bond donors (Lipinski definition) is 2. The third-order valence-electron chi connectivity index (χ3n) is 4.15. The molecule has 3 heterocycles. The maximum absolute atomic E-state index is 12.5. The average molecular weight is 367 g/mol. The van der Waals surface area contributed by atoms with Crippen LogP contribution in [0.1, 0.15) is 44.6 Å². The zero-order valence-corrected chi connectivity index (χ0v) is 15.4. The number of pyridine rings is 1. The predicted molar refractivity (Wildman–Crippen MR) is 98.8 cm³/mol. The van der Waals surface area contributed by atoms with Crippen molar-refractivity contribution < 1.29 is 14.3 Å². The van der Waals surface area contributed by atoms with Crippen LogP contribution in [0.15, 0.2) is 36.8 Å². The molecule has 0 saturated heterocycles. The van der Waals surface area contributed by atoms with E-state index in [-0.39, 0.29) is 12.5 Å². The number of nitrogens with one attached hydrogen (secondary N) is 2. The zero-order chi connectivity index (χ0) is 19.4. The fourth-order valence-corrected chi connectivity index (χ4v) is 2.82. The molecule has 2 N–H and O–H groups in total. The van der Waals surface area contributed by atoms with E-state index in [4.69, 9.17) is 4.74 Å². The number of nitrogens with zero attached hydrogens (tertiary/aromatic N) is 3. The minimum atomic E-state index is -0.429. The molecule has 27 heavy (non-hydrogen) atoms. The molecule has 0 radical (unpaired) electrons. The smallest absolute Gasteiger partial charge is 0.340 e. The van der Waals surface area contributed by atoms with Gasteiger partial charge in [0.25, 0.3) is 5.91 Å². The first-order chi connectivity index (χ1) is 13.0. The molecule has 3 aromatic rings. The lowest BCUT2D eigenvalue weighted by Crippen LogP contribution is -2.24. The van der Waals surface area contributed by atoms with Crippen molar-refractivity contribution in [3.05, 3.63) is 64.9 Å². The van der Waals surface area contributed by atoms with Gasteiger partial charge in [0.05, 0.1) is 12.2 Å². The van der Waals surface area contributed by atoms with Crippen LogP contribution in [0.5, 0.6) is 0 Å². The van der Waals surface area contributed by atoms with Gasteiger partial charge >= 0.3 is 5.97 Å². The van der Waals surface area contributed by atoms with E-state index in [1.165, 1.54) is 0 Å². The Morgan fingerprint density at radius 1 is 1.30 bits per heavy atom. The zero-order valence-electron chi connectivity index (χ0n) is 15.4. The standard InChI is InChI=1S/C19H21N5O3/c1-4-27-19(26)16-12(2)17(23-13(16)3)18(25)21-11-14-6-7-15(20-10-14)24-9-5-8-22-24/h5-10,23H,4,11H2,1-3H3,(H,21,25). The highest BCUT2D eigenvalue weighted by Crippen LogP contribution is 2.19. The molecule has 3 aromatic heterocycles. The van der Waals surface area contributed by atoms with Gasteiger partial charge in [-0.2, -0.15) is 5.10 Å². The van der Waals surface area contributed by atoms with E-state index in [0.717, 1.165) is 5.56 Å². The Morgan fingerprint density at radius 3 is 2.74 bits per heavy atom. The summed E-state index contributed by atoms with van der Waals surface area (Å²) in [7, 11) is 0. The first-order valence-electron chi connectivity index (χ1n) is 8.60. The summed E-state index contributed by atoms with van der Waals surface area (Å²) in [6, 6.07) is 5.53. The third kappa shape index (κ3) is 3.89. The molecule has 3 rings (SSSR count). The lowest BCUT2D eigenvalue weighted by molar-refractivity contribution is 0.0525. The summed E-state index contributed by atoms with van der Waals surface area (Å²) >= 11 is 0. The second-order valence-electron chi connectivity index (χ2n) is 6.00. The number of ether oxygens (including phenoxy) is 1. The van der Waals surface area contributed by atoms with Crippen molar-refractivity contribution in [3.63, 3.8) is 0 Å². The molecule has 140 valence electrons. The van der Waals surface area contributed by atoms with Crippen molar-refractivity contribution in [1.29, 1.82) is 0 Å². The normalized spacial score (nSPS) is 10.6. The first-order valence-corrected chi connectivity index (χ1v) is 8.60. The molecule has 0 aliphatic rings. The number of carbonyl (C=O) groups is 2. The van der Waals surface area contributed by atoms with Crippen LogP contribution in [0, 0.1) is 13.8 Å². The Bertz CT molecular complexity index is 943. The van der Waals surface area contributed by atoms with E-state index in [2.05, 4.69) is 20.4 Å². The quantitative estimate of drug-likeness (QED) is 0.651. The third-order valence-corrected chi connectivity index (χ3v) is 4.15. The van der Waals surface area contributed by atoms with Crippen LogP contribution in [-0.2, 0) is 11.3 Å². The number of aryl methyl sites for hydroxylation is 1. The molecule has 8 nitrogen and oxygen atoms in total. The van der Waals surface area contributed by atoms with E-state index < -0.39 is 5.97 Å². The van der Waals surface area contributed by atoms with Crippen LogP contribution in [0.4, 0.5) is 0 Å². The van der Waals surface area contributed by atoms with Crippen molar-refractivity contribution in [2.75, 3.05) is 6.61 Å². The van der Waals surface area contributed by atoms with E-state index >= 15 is 0 Å². The van der Waals surface area contributed by atoms with E-state index in [1.807, 2.05) is 18.2 Å². The van der Waals surface area contributed by atoms with Gasteiger partial charge in [-0.05, 0) is 44.0 Å². The molecule has 0 bridgehead atoms. The second-order valence-corrected chi connectivity index (χ2v) is 6.00. The van der Waals surface area contributed by atoms with Gasteiger partial charge in [-0.1, -0.05) is 6.07 Å². The first kappa shape index (κ1) is 18.4. The lowest BCUT2D eigenvalue weighted by Gasteiger charge is -2.06. The van der Waals surface area contributed by atoms with Gasteiger partial charge in [-0.15, -0.1) is 0 Å². The van der Waals surface area contributed by atoms with Gasteiger partial charge in [0, 0.05) is 30.8 Å². The van der Waals surface area contributed by atoms with Crippen molar-refractivity contribution >= 4 is 11.9 Å². The maximum Gasteiger partial charge on any atom is 0.340 e. The topological polar surface area (TPSA) is 102 Å². The maximum atomic E-state index is 12.5. The van der Waals surface area contributed by atoms with Crippen LogP contribution in [0.2, 0.25) is 0 Å². The van der Waals surface area contributed by atoms with E-state index in [0.29, 0.717) is 34.9 Å². The molecule has 0 saturated carbocycles. The van der Waals surface area contributed by atoms with Crippen LogP contribution in [0.25, 0.3) is 5.82 Å². The van der Waals surface area contributed by atoms with Gasteiger partial charge in [0.2, 0.25) is 0 Å². The number of rotatable bonds is 6. The Hall–Kier alpha value is -3.42. The van der Waals surface area contributed by atoms with Gasteiger partial charge in [-0.3, -0.25) is 4.79 Å². The number of carbonyl (C=O) groups excluding carboxylic acids is 2. The number of esters is 1. The number of amides is 1. The summed E-state index contributed by atoms with van der Waals surface area (Å²) in [5.74, 6) is -0.0199. The minimum Gasteiger partial charge on any atom is -0.462 e. The summed E-state index contributed by atoms with van der Waals surface area (Å²) in [5, 5.41) is 6.96. The van der Waals surface area contributed by atoms with Gasteiger partial charge in [0.1, 0.15) is 5.69 Å². The molecule has 8 heteroatoms. The minimum absolute atomic E-state index is 0.284. The van der Waals surface area contributed by atoms with Gasteiger partial charge in [-0.25, -0.2) is 14.5 Å². The molecule has 0 atom stereocenters. The molecular weight excluding hydrogens is 346 g/mol. The SMILES string of the molecule is CCOC(=O)c1c(C)[nH]c(C(=O)NCc2ccc(-n3cccn3)nc2)c1C. The number of H-pyrrole nitrogens is 1. The van der Waals surface area contributed by atoms with Crippen molar-refractivity contribution in [2.45, 2.75) is 27.3 Å². The second kappa shape index (κ2) is 7.86. The average Bonchev–Trinajstić information content (AvgIpc) is 3.28. The monoisotopic (exact) mass is 367 g/mol. The van der Waals surface area contributed by atoms with Crippen molar-refractivity contribution in [1.82, 2.24) is 25.1 Å². The largest absolute Gasteiger partial charge is 0.462 e. The summed E-state index contributed by atoms with van der Waals surface area (Å²) in [6.07, 6.45) is 5.18. The Balaban J connectivity index is 1.67. The summed E-state index contributed by atoms with van der Waals surface area (Å²) in [5.41, 5.74) is 2.81. The van der Waals surface area contributed by atoms with Crippen LogP contribution < -0.4 is 5.32 Å². The molecule has 0 aromatic carbocycles. The molecule has 0 aliphatic carbocycles. The number of hydrogen-bond acceptors (Lipinski definition) is 5. The summed E-state index contributed by atoms with van der Waals surface area (Å²) in [4.78, 5) is 31.9. The van der Waals surface area contributed by atoms with Crippen LogP contribution >= 0.6 is 0 Å². The summed E-state index contributed by atoms with van der Waals surface area (Å²) < 4.78 is 6.70. The highest BCUT2D eigenvalue weighted by Gasteiger charge is 2.22. The Morgan fingerprint density at radius 2 is 2.11 bits per heavy atom. The predicted octanol–water partition coefficient (Wildman–Crippen LogP) is 2.32. The van der Waals surface area contributed by atoms with Crippen LogP contribution in [0.3, 0.4) is 0 Å². The fourth-order valence-electron chi connectivity index (χ4n) is 2.82. The number of aromatic amines is 1. The van der Waals surface area contributed by atoms with Crippen molar-refractivity contribution in [2.24, 2.45) is 0 Å². The highest BCUT2D eigenvalue weighted by molar-refractivity contribution is 6.00. The molecule has 1 amide bonds. The molecule has 0 aliphatic heterocycles. The van der Waals surface area contributed by atoms with Crippen molar-refractivity contribution in [3.8, 4) is 5.82 Å². The Labute approximate surface area is 156 Å². The molecular formula is C19H21N5O3. The molecule has 0 unspecified atom stereocenters. The lowest BCUT2D eigenvalue weighted by atomic mass is 10.1. The molecule has 0 spiro atoms. The molecule has 0 fully saturated rings. The van der Waals surface area contributed by atoms with E-state index in [1.54, 1.807) is 44.0 Å². The van der Waals surface area contributed by atoms with Gasteiger partial charge < -0.3 is 15.0 Å². The number of aromatic nitrogens is 4. The van der Waals surface area contributed by atoms with E-state index in [9.17, 15) is 9.59 Å². The van der Waals surface area contributed by atoms with Gasteiger partial charge in [0.15, 0.2) is 5.82 Å².